The Morgan fingerprint density at radius 3 is 1.75 bits per heavy atom. The lowest BCUT2D eigenvalue weighted by molar-refractivity contribution is -0.120. The number of nitrogens with one attached hydrogen (secondary N) is 2. The van der Waals surface area contributed by atoms with E-state index in [2.05, 4.69) is 17.6 Å². The van der Waals surface area contributed by atoms with Crippen LogP contribution < -0.4 is 10.6 Å². The number of amides is 1. The summed E-state index contributed by atoms with van der Waals surface area (Å²) in [4.78, 5) is 10.1. The number of hydrogen-bond donors (Lipinski definition) is 2. The van der Waals surface area contributed by atoms with Gasteiger partial charge in [0.15, 0.2) is 0 Å². The summed E-state index contributed by atoms with van der Waals surface area (Å²) in [5.74, 6) is 0.0926. The average Bonchev–Trinajstić information content (AvgIpc) is 2.06. The summed E-state index contributed by atoms with van der Waals surface area (Å²) in [6, 6.07) is 0. The molecule has 0 rings (SSSR count). The van der Waals surface area contributed by atoms with Gasteiger partial charge in [-0.25, -0.2) is 0 Å². The van der Waals surface area contributed by atoms with Crippen molar-refractivity contribution in [2.45, 2.75) is 26.7 Å². The van der Waals surface area contributed by atoms with Crippen LogP contribution in [0, 0.1) is 0 Å². The lowest BCUT2D eigenvalue weighted by Gasteiger charge is -1.87. The SMILES string of the molecule is CCC(=O)NC.CCCNC.[B]. The predicted octanol–water partition coefficient (Wildman–Crippen LogP) is 0.377. The zero-order valence-corrected chi connectivity index (χ0v) is 8.61. The zero-order valence-electron chi connectivity index (χ0n) is 8.61. The standard InChI is InChI=1S/C4H9NO.C4H11N.B/c1-3-4(6)5-2;1-3-4-5-2;/h3H2,1-2H3,(H,5,6);5H,3-4H2,1-2H3;. The molecule has 0 fully saturated rings. The largest absolute Gasteiger partial charge is 0.359 e. The molecule has 12 heavy (non-hydrogen) atoms. The van der Waals surface area contributed by atoms with Crippen LogP contribution in [0.2, 0.25) is 0 Å². The van der Waals surface area contributed by atoms with Crippen molar-refractivity contribution in [1.29, 1.82) is 0 Å². The minimum atomic E-state index is 0. The van der Waals surface area contributed by atoms with Gasteiger partial charge in [0.05, 0.1) is 0 Å². The van der Waals surface area contributed by atoms with Gasteiger partial charge in [0, 0.05) is 21.9 Å². The van der Waals surface area contributed by atoms with Crippen LogP contribution in [0.5, 0.6) is 0 Å². The van der Waals surface area contributed by atoms with E-state index in [9.17, 15) is 4.79 Å². The topological polar surface area (TPSA) is 41.1 Å². The molecule has 0 heterocycles. The smallest absolute Gasteiger partial charge is 0.219 e. The van der Waals surface area contributed by atoms with Crippen molar-refractivity contribution in [1.82, 2.24) is 10.6 Å². The third-order valence-electron chi connectivity index (χ3n) is 1.10. The van der Waals surface area contributed by atoms with E-state index in [1.165, 1.54) is 6.42 Å². The summed E-state index contributed by atoms with van der Waals surface area (Å²) in [7, 11) is 3.59. The molecule has 0 aromatic heterocycles. The van der Waals surface area contributed by atoms with Crippen molar-refractivity contribution >= 4 is 14.3 Å². The summed E-state index contributed by atoms with van der Waals surface area (Å²) < 4.78 is 0. The predicted molar refractivity (Wildman–Crippen MR) is 54.3 cm³/mol. The van der Waals surface area contributed by atoms with E-state index in [-0.39, 0.29) is 14.3 Å². The minimum Gasteiger partial charge on any atom is -0.359 e. The lowest BCUT2D eigenvalue weighted by Crippen LogP contribution is -2.15. The number of hydrogen-bond acceptors (Lipinski definition) is 2. The van der Waals surface area contributed by atoms with E-state index in [0.29, 0.717) is 6.42 Å². The average molecular weight is 171 g/mol. The second kappa shape index (κ2) is 16.8. The van der Waals surface area contributed by atoms with Gasteiger partial charge in [0.1, 0.15) is 0 Å². The molecule has 1 amide bonds. The van der Waals surface area contributed by atoms with E-state index < -0.39 is 0 Å². The Bertz CT molecular complexity index is 81.1. The highest BCUT2D eigenvalue weighted by Gasteiger charge is 1.84. The van der Waals surface area contributed by atoms with E-state index >= 15 is 0 Å². The monoisotopic (exact) mass is 171 g/mol. The highest BCUT2D eigenvalue weighted by Crippen LogP contribution is 1.68. The molecule has 0 spiro atoms. The van der Waals surface area contributed by atoms with Crippen LogP contribution in [0.1, 0.15) is 26.7 Å². The van der Waals surface area contributed by atoms with Crippen molar-refractivity contribution in [3.8, 4) is 0 Å². The summed E-state index contributed by atoms with van der Waals surface area (Å²) in [6.07, 6.45) is 1.81. The molecule has 0 atom stereocenters. The molecule has 4 heteroatoms. The van der Waals surface area contributed by atoms with Crippen molar-refractivity contribution in [3.05, 3.63) is 0 Å². The quantitative estimate of drug-likeness (QED) is 0.602. The van der Waals surface area contributed by atoms with E-state index in [0.717, 1.165) is 6.54 Å². The van der Waals surface area contributed by atoms with Crippen LogP contribution in [0.15, 0.2) is 0 Å². The van der Waals surface area contributed by atoms with Crippen LogP contribution in [0.3, 0.4) is 0 Å². The Hall–Kier alpha value is -0.505. The normalized spacial score (nSPS) is 7.33. The highest BCUT2D eigenvalue weighted by molar-refractivity contribution is 5.75. The molecule has 0 aliphatic rings. The lowest BCUT2D eigenvalue weighted by atomic mass is 10.5. The van der Waals surface area contributed by atoms with Gasteiger partial charge in [0.2, 0.25) is 5.91 Å². The minimum absolute atomic E-state index is 0. The van der Waals surface area contributed by atoms with Crippen molar-refractivity contribution in [3.63, 3.8) is 0 Å². The molecule has 3 nitrogen and oxygen atoms in total. The molecule has 71 valence electrons. The Balaban J connectivity index is -0.000000126. The molecule has 0 bridgehead atoms. The molecule has 3 radical (unpaired) electrons. The third kappa shape index (κ3) is 22.7. The van der Waals surface area contributed by atoms with Gasteiger partial charge in [-0.1, -0.05) is 13.8 Å². The number of carbonyl (C=O) groups excluding carboxylic acids is 1. The molecule has 0 saturated carbocycles. The molecular formula is C8H20BN2O. The first-order valence-corrected chi connectivity index (χ1v) is 4.08. The maximum absolute atomic E-state index is 10.1. The maximum atomic E-state index is 10.1. The van der Waals surface area contributed by atoms with Crippen LogP contribution in [0.4, 0.5) is 0 Å². The maximum Gasteiger partial charge on any atom is 0.219 e. The Morgan fingerprint density at radius 2 is 1.75 bits per heavy atom. The number of carbonyl (C=O) groups is 1. The first-order chi connectivity index (χ1) is 5.22. The summed E-state index contributed by atoms with van der Waals surface area (Å²) in [6.45, 7) is 5.11. The van der Waals surface area contributed by atoms with Gasteiger partial charge in [-0.05, 0) is 20.0 Å². The first kappa shape index (κ1) is 17.5. The van der Waals surface area contributed by atoms with Gasteiger partial charge in [-0.15, -0.1) is 0 Å². The molecule has 0 aromatic carbocycles. The van der Waals surface area contributed by atoms with Crippen LogP contribution in [0.25, 0.3) is 0 Å². The van der Waals surface area contributed by atoms with Gasteiger partial charge in [-0.2, -0.15) is 0 Å². The fourth-order valence-electron chi connectivity index (χ4n) is 0.427. The molecule has 0 saturated heterocycles. The number of rotatable bonds is 3. The molecule has 0 aliphatic carbocycles. The zero-order chi connectivity index (χ0) is 9.11. The van der Waals surface area contributed by atoms with Gasteiger partial charge >= 0.3 is 0 Å². The second-order valence-corrected chi connectivity index (χ2v) is 2.13. The van der Waals surface area contributed by atoms with Gasteiger partial charge in [0.25, 0.3) is 0 Å². The fraction of sp³-hybridized carbons (Fsp3) is 0.875. The molecule has 2 N–H and O–H groups in total. The van der Waals surface area contributed by atoms with Crippen molar-refractivity contribution in [2.75, 3.05) is 20.6 Å². The summed E-state index contributed by atoms with van der Waals surface area (Å²) in [5, 5.41) is 5.49. The Labute approximate surface area is 77.9 Å². The van der Waals surface area contributed by atoms with Crippen molar-refractivity contribution in [2.24, 2.45) is 0 Å². The van der Waals surface area contributed by atoms with Crippen LogP contribution in [-0.2, 0) is 4.79 Å². The van der Waals surface area contributed by atoms with Gasteiger partial charge in [-0.3, -0.25) is 4.79 Å². The van der Waals surface area contributed by atoms with Crippen molar-refractivity contribution < 1.29 is 4.79 Å². The molecular weight excluding hydrogens is 151 g/mol. The van der Waals surface area contributed by atoms with Crippen LogP contribution in [-0.4, -0.2) is 35.0 Å². The first-order valence-electron chi connectivity index (χ1n) is 4.08. The van der Waals surface area contributed by atoms with Crippen LogP contribution >= 0.6 is 0 Å². The van der Waals surface area contributed by atoms with E-state index in [4.69, 9.17) is 0 Å². The molecule has 0 aromatic rings. The molecule has 0 aliphatic heterocycles. The third-order valence-corrected chi connectivity index (χ3v) is 1.10. The highest BCUT2D eigenvalue weighted by atomic mass is 16.1. The summed E-state index contributed by atoms with van der Waals surface area (Å²) >= 11 is 0. The van der Waals surface area contributed by atoms with E-state index in [1.54, 1.807) is 7.05 Å². The Kier molecular flexibility index (Phi) is 24.6. The van der Waals surface area contributed by atoms with Gasteiger partial charge < -0.3 is 10.6 Å². The fourth-order valence-corrected chi connectivity index (χ4v) is 0.427. The molecule has 0 unspecified atom stereocenters. The summed E-state index contributed by atoms with van der Waals surface area (Å²) in [5.41, 5.74) is 0. The Morgan fingerprint density at radius 1 is 1.25 bits per heavy atom. The second-order valence-electron chi connectivity index (χ2n) is 2.13. The van der Waals surface area contributed by atoms with E-state index in [1.807, 2.05) is 14.0 Å².